The highest BCUT2D eigenvalue weighted by Gasteiger charge is 2.29. The topological polar surface area (TPSA) is 58.4 Å². The van der Waals surface area contributed by atoms with Crippen LogP contribution in [-0.2, 0) is 0 Å². The number of carbonyl (C=O) groups is 1. The van der Waals surface area contributed by atoms with Crippen molar-refractivity contribution in [1.82, 2.24) is 5.32 Å². The summed E-state index contributed by atoms with van der Waals surface area (Å²) in [4.78, 5) is 13.6. The van der Waals surface area contributed by atoms with Crippen molar-refractivity contribution in [2.45, 2.75) is 26.3 Å². The van der Waals surface area contributed by atoms with E-state index in [0.29, 0.717) is 11.6 Å². The van der Waals surface area contributed by atoms with Crippen LogP contribution in [0.5, 0.6) is 0 Å². The minimum absolute atomic E-state index is 0.0266. The third-order valence-electron chi connectivity index (χ3n) is 2.91. The molecule has 1 aliphatic rings. The van der Waals surface area contributed by atoms with Crippen molar-refractivity contribution in [2.24, 2.45) is 5.92 Å². The lowest BCUT2D eigenvalue weighted by Gasteiger charge is -2.15. The van der Waals surface area contributed by atoms with Gasteiger partial charge in [0.05, 0.1) is 0 Å². The van der Waals surface area contributed by atoms with E-state index in [2.05, 4.69) is 19.2 Å². The number of rotatable bonds is 3. The molecule has 4 nitrogen and oxygen atoms in total. The molecule has 17 heavy (non-hydrogen) atoms. The SMILES string of the molecule is CC(C)CC1CN(c2cccc(N)c2)C(=O)N1. The van der Waals surface area contributed by atoms with Crippen LogP contribution >= 0.6 is 0 Å². The zero-order valence-electron chi connectivity index (χ0n) is 10.3. The Bertz CT molecular complexity index is 417. The van der Waals surface area contributed by atoms with Gasteiger partial charge in [-0.2, -0.15) is 0 Å². The van der Waals surface area contributed by atoms with Crippen LogP contribution < -0.4 is 16.0 Å². The van der Waals surface area contributed by atoms with E-state index in [1.807, 2.05) is 24.3 Å². The molecule has 92 valence electrons. The van der Waals surface area contributed by atoms with E-state index in [1.165, 1.54) is 0 Å². The number of nitrogens with one attached hydrogen (secondary N) is 1. The van der Waals surface area contributed by atoms with E-state index < -0.39 is 0 Å². The van der Waals surface area contributed by atoms with Crippen LogP contribution in [0.25, 0.3) is 0 Å². The summed E-state index contributed by atoms with van der Waals surface area (Å²) in [5, 5.41) is 3.00. The average Bonchev–Trinajstić information content (AvgIpc) is 2.58. The fourth-order valence-electron chi connectivity index (χ4n) is 2.22. The minimum atomic E-state index is -0.0266. The number of urea groups is 1. The van der Waals surface area contributed by atoms with Gasteiger partial charge in [-0.25, -0.2) is 4.79 Å². The fraction of sp³-hybridized carbons (Fsp3) is 0.462. The number of benzene rings is 1. The number of amides is 2. The molecule has 0 aliphatic carbocycles. The molecule has 0 saturated carbocycles. The van der Waals surface area contributed by atoms with E-state index in [-0.39, 0.29) is 12.1 Å². The summed E-state index contributed by atoms with van der Waals surface area (Å²) >= 11 is 0. The molecular formula is C13H19N3O. The molecule has 1 fully saturated rings. The molecule has 0 bridgehead atoms. The van der Waals surface area contributed by atoms with Gasteiger partial charge in [0.1, 0.15) is 0 Å². The number of hydrogen-bond acceptors (Lipinski definition) is 2. The van der Waals surface area contributed by atoms with Crippen molar-refractivity contribution in [2.75, 3.05) is 17.2 Å². The Kier molecular flexibility index (Phi) is 3.22. The maximum Gasteiger partial charge on any atom is 0.322 e. The summed E-state index contributed by atoms with van der Waals surface area (Å²) in [5.41, 5.74) is 7.28. The number of carbonyl (C=O) groups excluding carboxylic acids is 1. The standard InChI is InChI=1S/C13H19N3O/c1-9(2)6-11-8-16(13(17)15-11)12-5-3-4-10(14)7-12/h3-5,7,9,11H,6,8,14H2,1-2H3,(H,15,17). The van der Waals surface area contributed by atoms with Crippen LogP contribution in [-0.4, -0.2) is 18.6 Å². The molecule has 1 saturated heterocycles. The summed E-state index contributed by atoms with van der Waals surface area (Å²) in [6, 6.07) is 7.65. The van der Waals surface area contributed by atoms with Gasteiger partial charge in [-0.1, -0.05) is 19.9 Å². The molecule has 1 heterocycles. The summed E-state index contributed by atoms with van der Waals surface area (Å²) in [5.74, 6) is 0.584. The van der Waals surface area contributed by atoms with Gasteiger partial charge >= 0.3 is 6.03 Å². The van der Waals surface area contributed by atoms with Crippen LogP contribution in [0, 0.1) is 5.92 Å². The fourth-order valence-corrected chi connectivity index (χ4v) is 2.22. The summed E-state index contributed by atoms with van der Waals surface area (Å²) < 4.78 is 0. The second-order valence-corrected chi connectivity index (χ2v) is 4.98. The number of nitrogen functional groups attached to an aromatic ring is 1. The molecule has 1 aromatic carbocycles. The van der Waals surface area contributed by atoms with Crippen molar-refractivity contribution >= 4 is 17.4 Å². The van der Waals surface area contributed by atoms with Crippen molar-refractivity contribution < 1.29 is 4.79 Å². The number of hydrogen-bond donors (Lipinski definition) is 2. The summed E-state index contributed by atoms with van der Waals surface area (Å²) in [7, 11) is 0. The van der Waals surface area contributed by atoms with Crippen LogP contribution in [0.4, 0.5) is 16.2 Å². The molecule has 1 unspecified atom stereocenters. The van der Waals surface area contributed by atoms with Gasteiger partial charge in [-0.15, -0.1) is 0 Å². The second-order valence-electron chi connectivity index (χ2n) is 4.98. The van der Waals surface area contributed by atoms with Crippen molar-refractivity contribution in [3.63, 3.8) is 0 Å². The first-order valence-corrected chi connectivity index (χ1v) is 6.00. The first-order chi connectivity index (χ1) is 8.06. The third kappa shape index (κ3) is 2.70. The molecule has 4 heteroatoms. The molecular weight excluding hydrogens is 214 g/mol. The lowest BCUT2D eigenvalue weighted by Crippen LogP contribution is -2.29. The van der Waals surface area contributed by atoms with Crippen LogP contribution in [0.3, 0.4) is 0 Å². The number of anilines is 2. The van der Waals surface area contributed by atoms with Gasteiger partial charge in [0.15, 0.2) is 0 Å². The molecule has 3 N–H and O–H groups in total. The Morgan fingerprint density at radius 3 is 2.94 bits per heavy atom. The maximum atomic E-state index is 11.9. The first kappa shape index (κ1) is 11.8. The maximum absolute atomic E-state index is 11.9. The minimum Gasteiger partial charge on any atom is -0.399 e. The zero-order chi connectivity index (χ0) is 12.4. The summed E-state index contributed by atoms with van der Waals surface area (Å²) in [6.45, 7) is 5.05. The lowest BCUT2D eigenvalue weighted by atomic mass is 10.0. The highest BCUT2D eigenvalue weighted by atomic mass is 16.2. The Morgan fingerprint density at radius 2 is 2.29 bits per heavy atom. The molecule has 2 amide bonds. The predicted octanol–water partition coefficient (Wildman–Crippen LogP) is 2.21. The van der Waals surface area contributed by atoms with Crippen molar-refractivity contribution in [3.05, 3.63) is 24.3 Å². The molecule has 1 aliphatic heterocycles. The van der Waals surface area contributed by atoms with Gasteiger partial charge in [-0.05, 0) is 30.5 Å². The van der Waals surface area contributed by atoms with Crippen molar-refractivity contribution in [1.29, 1.82) is 0 Å². The van der Waals surface area contributed by atoms with E-state index in [9.17, 15) is 4.79 Å². The van der Waals surface area contributed by atoms with E-state index in [0.717, 1.165) is 18.7 Å². The summed E-state index contributed by atoms with van der Waals surface area (Å²) in [6.07, 6.45) is 1.00. The molecule has 0 aromatic heterocycles. The van der Waals surface area contributed by atoms with E-state index in [4.69, 9.17) is 5.73 Å². The highest BCUT2D eigenvalue weighted by molar-refractivity contribution is 5.94. The van der Waals surface area contributed by atoms with Gasteiger partial charge in [0.25, 0.3) is 0 Å². The monoisotopic (exact) mass is 233 g/mol. The number of nitrogens with zero attached hydrogens (tertiary/aromatic N) is 1. The molecule has 1 atom stereocenters. The van der Waals surface area contributed by atoms with Crippen LogP contribution in [0.1, 0.15) is 20.3 Å². The third-order valence-corrected chi connectivity index (χ3v) is 2.91. The zero-order valence-corrected chi connectivity index (χ0v) is 10.3. The second kappa shape index (κ2) is 4.65. The Hall–Kier alpha value is -1.71. The smallest absolute Gasteiger partial charge is 0.322 e. The Labute approximate surface area is 102 Å². The van der Waals surface area contributed by atoms with E-state index >= 15 is 0 Å². The van der Waals surface area contributed by atoms with Gasteiger partial charge in [0, 0.05) is 24.0 Å². The highest BCUT2D eigenvalue weighted by Crippen LogP contribution is 2.22. The normalized spacial score (nSPS) is 19.8. The molecule has 0 radical (unpaired) electrons. The molecule has 1 aromatic rings. The first-order valence-electron chi connectivity index (χ1n) is 6.00. The number of nitrogens with two attached hydrogens (primary N) is 1. The van der Waals surface area contributed by atoms with Gasteiger partial charge in [0.2, 0.25) is 0 Å². The van der Waals surface area contributed by atoms with Gasteiger partial charge < -0.3 is 11.1 Å². The largest absolute Gasteiger partial charge is 0.399 e. The lowest BCUT2D eigenvalue weighted by molar-refractivity contribution is 0.250. The van der Waals surface area contributed by atoms with Gasteiger partial charge in [-0.3, -0.25) is 4.90 Å². The average molecular weight is 233 g/mol. The van der Waals surface area contributed by atoms with Crippen LogP contribution in [0.2, 0.25) is 0 Å². The molecule has 0 spiro atoms. The quantitative estimate of drug-likeness (QED) is 0.786. The Balaban J connectivity index is 2.10. The predicted molar refractivity (Wildman–Crippen MR) is 70.0 cm³/mol. The van der Waals surface area contributed by atoms with E-state index in [1.54, 1.807) is 4.90 Å². The van der Waals surface area contributed by atoms with Crippen molar-refractivity contribution in [3.8, 4) is 0 Å². The van der Waals surface area contributed by atoms with Crippen LogP contribution in [0.15, 0.2) is 24.3 Å². The molecule has 2 rings (SSSR count). The Morgan fingerprint density at radius 1 is 1.53 bits per heavy atom.